The number of rotatable bonds is 2. The van der Waals surface area contributed by atoms with Gasteiger partial charge in [0.05, 0.1) is 5.69 Å². The van der Waals surface area contributed by atoms with Gasteiger partial charge in [-0.15, -0.1) is 0 Å². The molecule has 1 fully saturated rings. The van der Waals surface area contributed by atoms with Gasteiger partial charge in [-0.3, -0.25) is 14.3 Å². The highest BCUT2D eigenvalue weighted by Crippen LogP contribution is 2.06. The van der Waals surface area contributed by atoms with Gasteiger partial charge in [-0.05, 0) is 19.9 Å². The first-order valence-electron chi connectivity index (χ1n) is 6.51. The lowest BCUT2D eigenvalue weighted by molar-refractivity contribution is -0.138. The minimum Gasteiger partial charge on any atom is -0.339 e. The van der Waals surface area contributed by atoms with Gasteiger partial charge in [-0.1, -0.05) is 0 Å². The van der Waals surface area contributed by atoms with E-state index in [2.05, 4.69) is 5.10 Å². The van der Waals surface area contributed by atoms with Gasteiger partial charge in [0, 0.05) is 38.8 Å². The van der Waals surface area contributed by atoms with Crippen molar-refractivity contribution in [1.29, 1.82) is 0 Å². The summed E-state index contributed by atoms with van der Waals surface area (Å²) in [4.78, 5) is 27.0. The zero-order chi connectivity index (χ0) is 14.0. The number of piperazine rings is 1. The van der Waals surface area contributed by atoms with Crippen molar-refractivity contribution in [3.05, 3.63) is 17.5 Å². The molecule has 2 heterocycles. The molecule has 1 aliphatic rings. The number of amides is 2. The maximum absolute atomic E-state index is 12.2. The van der Waals surface area contributed by atoms with Crippen LogP contribution in [-0.2, 0) is 16.1 Å². The molecule has 1 saturated heterocycles. The van der Waals surface area contributed by atoms with Crippen LogP contribution in [-0.4, -0.2) is 57.6 Å². The van der Waals surface area contributed by atoms with E-state index in [0.29, 0.717) is 26.2 Å². The summed E-state index contributed by atoms with van der Waals surface area (Å²) in [5.74, 6) is 0.139. The molecule has 19 heavy (non-hydrogen) atoms. The molecule has 0 spiro atoms. The van der Waals surface area contributed by atoms with Crippen molar-refractivity contribution in [2.45, 2.75) is 27.3 Å². The van der Waals surface area contributed by atoms with Crippen LogP contribution in [0.15, 0.2) is 6.07 Å². The summed E-state index contributed by atoms with van der Waals surface area (Å²) in [7, 11) is 0. The van der Waals surface area contributed by atoms with E-state index in [9.17, 15) is 9.59 Å². The zero-order valence-corrected chi connectivity index (χ0v) is 11.7. The molecule has 6 nitrogen and oxygen atoms in total. The van der Waals surface area contributed by atoms with Gasteiger partial charge < -0.3 is 9.80 Å². The highest BCUT2D eigenvalue weighted by molar-refractivity contribution is 5.77. The number of aromatic nitrogens is 2. The monoisotopic (exact) mass is 264 g/mol. The Kier molecular flexibility index (Phi) is 3.87. The van der Waals surface area contributed by atoms with Crippen LogP contribution in [0.1, 0.15) is 18.3 Å². The molecule has 6 heteroatoms. The summed E-state index contributed by atoms with van der Waals surface area (Å²) < 4.78 is 1.73. The minimum atomic E-state index is 0.0643. The Bertz CT molecular complexity index is 487. The topological polar surface area (TPSA) is 58.4 Å². The predicted octanol–water partition coefficient (Wildman–Crippen LogP) is 0.191. The van der Waals surface area contributed by atoms with E-state index in [1.807, 2.05) is 19.9 Å². The zero-order valence-electron chi connectivity index (χ0n) is 11.7. The third kappa shape index (κ3) is 3.13. The Labute approximate surface area is 113 Å². The van der Waals surface area contributed by atoms with E-state index in [0.717, 1.165) is 11.4 Å². The second-order valence-corrected chi connectivity index (χ2v) is 4.97. The second kappa shape index (κ2) is 5.42. The normalized spacial score (nSPS) is 15.7. The Morgan fingerprint density at radius 2 is 1.74 bits per heavy atom. The van der Waals surface area contributed by atoms with E-state index in [4.69, 9.17) is 0 Å². The lowest BCUT2D eigenvalue weighted by Gasteiger charge is -2.34. The van der Waals surface area contributed by atoms with Crippen LogP contribution in [0.2, 0.25) is 0 Å². The van der Waals surface area contributed by atoms with Crippen molar-refractivity contribution in [2.75, 3.05) is 26.2 Å². The quantitative estimate of drug-likeness (QED) is 0.766. The molecule has 1 aliphatic heterocycles. The molecular formula is C13H20N4O2. The first kappa shape index (κ1) is 13.6. The van der Waals surface area contributed by atoms with Crippen molar-refractivity contribution in [3.8, 4) is 0 Å². The Hall–Kier alpha value is -1.85. The molecule has 0 aromatic carbocycles. The lowest BCUT2D eigenvalue weighted by Crippen LogP contribution is -2.50. The van der Waals surface area contributed by atoms with E-state index in [1.54, 1.807) is 21.4 Å². The Morgan fingerprint density at radius 3 is 2.21 bits per heavy atom. The number of nitrogens with zero attached hydrogens (tertiary/aromatic N) is 4. The fourth-order valence-electron chi connectivity index (χ4n) is 2.33. The molecule has 0 saturated carbocycles. The molecule has 0 N–H and O–H groups in total. The summed E-state index contributed by atoms with van der Waals surface area (Å²) in [6, 6.07) is 1.96. The lowest BCUT2D eigenvalue weighted by atomic mass is 10.3. The van der Waals surface area contributed by atoms with Crippen LogP contribution in [0.3, 0.4) is 0 Å². The molecule has 0 radical (unpaired) electrons. The highest BCUT2D eigenvalue weighted by Gasteiger charge is 2.22. The molecule has 2 amide bonds. The van der Waals surface area contributed by atoms with Crippen LogP contribution in [0.25, 0.3) is 0 Å². The summed E-state index contributed by atoms with van der Waals surface area (Å²) in [6.07, 6.45) is 0. The number of hydrogen-bond acceptors (Lipinski definition) is 3. The van der Waals surface area contributed by atoms with Crippen molar-refractivity contribution in [1.82, 2.24) is 19.6 Å². The van der Waals surface area contributed by atoms with Crippen molar-refractivity contribution >= 4 is 11.8 Å². The maximum Gasteiger partial charge on any atom is 0.244 e. The molecule has 1 aromatic rings. The number of aryl methyl sites for hydroxylation is 2. The van der Waals surface area contributed by atoms with Gasteiger partial charge >= 0.3 is 0 Å². The van der Waals surface area contributed by atoms with Gasteiger partial charge in [-0.25, -0.2) is 0 Å². The predicted molar refractivity (Wildman–Crippen MR) is 70.5 cm³/mol. The molecule has 1 aromatic heterocycles. The molecular weight excluding hydrogens is 244 g/mol. The fraction of sp³-hybridized carbons (Fsp3) is 0.615. The van der Waals surface area contributed by atoms with Gasteiger partial charge in [0.1, 0.15) is 6.54 Å². The van der Waals surface area contributed by atoms with Crippen molar-refractivity contribution < 1.29 is 9.59 Å². The molecule has 0 aliphatic carbocycles. The summed E-state index contributed by atoms with van der Waals surface area (Å²) in [5, 5.41) is 4.29. The SMILES string of the molecule is CC(=O)N1CCN(C(=O)Cn2nc(C)cc2C)CC1. The number of carbonyl (C=O) groups is 2. The molecule has 0 atom stereocenters. The van der Waals surface area contributed by atoms with E-state index < -0.39 is 0 Å². The van der Waals surface area contributed by atoms with Crippen molar-refractivity contribution in [3.63, 3.8) is 0 Å². The minimum absolute atomic E-state index is 0.0643. The first-order chi connectivity index (χ1) is 8.97. The molecule has 104 valence electrons. The number of hydrogen-bond donors (Lipinski definition) is 0. The average molecular weight is 264 g/mol. The van der Waals surface area contributed by atoms with Crippen molar-refractivity contribution in [2.24, 2.45) is 0 Å². The Morgan fingerprint density at radius 1 is 1.16 bits per heavy atom. The van der Waals surface area contributed by atoms with Crippen LogP contribution in [0, 0.1) is 13.8 Å². The van der Waals surface area contributed by atoms with Crippen LogP contribution in [0.5, 0.6) is 0 Å². The van der Waals surface area contributed by atoms with Gasteiger partial charge in [0.15, 0.2) is 0 Å². The molecule has 2 rings (SSSR count). The van der Waals surface area contributed by atoms with Gasteiger partial charge in [0.25, 0.3) is 0 Å². The van der Waals surface area contributed by atoms with Crippen LogP contribution >= 0.6 is 0 Å². The Balaban J connectivity index is 1.91. The number of carbonyl (C=O) groups excluding carboxylic acids is 2. The van der Waals surface area contributed by atoms with E-state index in [1.165, 1.54) is 0 Å². The van der Waals surface area contributed by atoms with E-state index >= 15 is 0 Å². The fourth-order valence-corrected chi connectivity index (χ4v) is 2.33. The molecule has 0 bridgehead atoms. The largest absolute Gasteiger partial charge is 0.339 e. The van der Waals surface area contributed by atoms with Gasteiger partial charge in [0.2, 0.25) is 11.8 Å². The summed E-state index contributed by atoms with van der Waals surface area (Å²) in [5.41, 5.74) is 1.92. The van der Waals surface area contributed by atoms with Crippen LogP contribution in [0.4, 0.5) is 0 Å². The van der Waals surface area contributed by atoms with E-state index in [-0.39, 0.29) is 18.4 Å². The standard InChI is InChI=1S/C13H20N4O2/c1-10-8-11(2)17(14-10)9-13(19)16-6-4-15(5-7-16)12(3)18/h8H,4-7,9H2,1-3H3. The van der Waals surface area contributed by atoms with Gasteiger partial charge in [-0.2, -0.15) is 5.10 Å². The second-order valence-electron chi connectivity index (χ2n) is 4.97. The smallest absolute Gasteiger partial charge is 0.244 e. The third-order valence-electron chi connectivity index (χ3n) is 3.47. The summed E-state index contributed by atoms with van der Waals surface area (Å²) in [6.45, 7) is 8.17. The van der Waals surface area contributed by atoms with Crippen LogP contribution < -0.4 is 0 Å². The third-order valence-corrected chi connectivity index (χ3v) is 3.47. The molecule has 0 unspecified atom stereocenters. The summed E-state index contributed by atoms with van der Waals surface area (Å²) >= 11 is 0. The first-order valence-corrected chi connectivity index (χ1v) is 6.51. The average Bonchev–Trinajstić information content (AvgIpc) is 2.68. The highest BCUT2D eigenvalue weighted by atomic mass is 16.2. The maximum atomic E-state index is 12.2.